The van der Waals surface area contributed by atoms with Crippen LogP contribution in [0.1, 0.15) is 26.3 Å². The van der Waals surface area contributed by atoms with Crippen LogP contribution in [0.3, 0.4) is 0 Å². The van der Waals surface area contributed by atoms with Gasteiger partial charge in [0.15, 0.2) is 0 Å². The van der Waals surface area contributed by atoms with Gasteiger partial charge >= 0.3 is 0 Å². The quantitative estimate of drug-likeness (QED) is 0.179. The molecule has 4 heterocycles. The summed E-state index contributed by atoms with van der Waals surface area (Å²) in [6.07, 6.45) is 1.93. The van der Waals surface area contributed by atoms with Crippen molar-refractivity contribution in [2.75, 3.05) is 16.5 Å². The van der Waals surface area contributed by atoms with E-state index >= 15 is 0 Å². The third-order valence-electron chi connectivity index (χ3n) is 10.3. The van der Waals surface area contributed by atoms with Crippen LogP contribution < -0.4 is 24.9 Å². The molecule has 6 heteroatoms. The average molecular weight is 643 g/mol. The van der Waals surface area contributed by atoms with Crippen molar-refractivity contribution in [3.63, 3.8) is 0 Å². The van der Waals surface area contributed by atoms with Gasteiger partial charge in [-0.15, -0.1) is 0 Å². The van der Waals surface area contributed by atoms with Gasteiger partial charge in [-0.05, 0) is 75.9 Å². The van der Waals surface area contributed by atoms with Crippen LogP contribution in [0, 0.1) is 0 Å². The summed E-state index contributed by atoms with van der Waals surface area (Å²) < 4.78 is 9.01. The Hall–Kier alpha value is -5.33. The Kier molecular flexibility index (Phi) is 6.21. The minimum Gasteiger partial charge on any atom is -0.457 e. The molecule has 0 saturated heterocycles. The monoisotopic (exact) mass is 642 g/mol. The Labute approximate surface area is 282 Å². The van der Waals surface area contributed by atoms with E-state index in [1.807, 2.05) is 6.20 Å². The van der Waals surface area contributed by atoms with Crippen LogP contribution in [0.5, 0.6) is 11.5 Å². The lowest BCUT2D eigenvalue weighted by Gasteiger charge is -2.38. The first-order chi connectivity index (χ1) is 23.2. The van der Waals surface area contributed by atoms with Crippen LogP contribution in [0.25, 0.3) is 27.6 Å². The van der Waals surface area contributed by atoms with Gasteiger partial charge in [0.05, 0.1) is 22.4 Å². The maximum atomic E-state index is 6.74. The minimum absolute atomic E-state index is 0.0172. The second-order valence-electron chi connectivity index (χ2n) is 14.6. The molecule has 2 aliphatic rings. The van der Waals surface area contributed by atoms with Crippen molar-refractivity contribution >= 4 is 63.0 Å². The molecule has 0 amide bonds. The number of nitrogens with zero attached hydrogens (tertiary/aromatic N) is 4. The van der Waals surface area contributed by atoms with Gasteiger partial charge in [-0.3, -0.25) is 4.57 Å². The molecule has 0 radical (unpaired) electrons. The molecule has 5 aromatic carbocycles. The summed E-state index contributed by atoms with van der Waals surface area (Å²) in [5.74, 6) is 2.56. The normalized spacial score (nSPS) is 14.8. The highest BCUT2D eigenvalue weighted by molar-refractivity contribution is 7.02. The maximum absolute atomic E-state index is 6.74. The summed E-state index contributed by atoms with van der Waals surface area (Å²) in [5, 5.41) is 5.31. The molecular formula is C42H38N4OSi. The summed E-state index contributed by atoms with van der Waals surface area (Å²) >= 11 is 0. The Bertz CT molecular complexity index is 2390. The molecule has 0 fully saturated rings. The van der Waals surface area contributed by atoms with Crippen molar-refractivity contribution in [2.45, 2.75) is 39.3 Å². The lowest BCUT2D eigenvalue weighted by Crippen LogP contribution is -2.58. The number of hydrogen-bond acceptors (Lipinski definition) is 4. The van der Waals surface area contributed by atoms with Gasteiger partial charge in [-0.2, -0.15) is 0 Å². The molecule has 2 aromatic heterocycles. The summed E-state index contributed by atoms with van der Waals surface area (Å²) in [4.78, 5) is 9.78. The number of aromatic nitrogens is 2. The lowest BCUT2D eigenvalue weighted by molar-refractivity contribution is 0.483. The predicted molar refractivity (Wildman–Crippen MR) is 203 cm³/mol. The zero-order chi connectivity index (χ0) is 32.8. The van der Waals surface area contributed by atoms with Gasteiger partial charge in [-0.1, -0.05) is 88.5 Å². The zero-order valence-corrected chi connectivity index (χ0v) is 29.0. The Morgan fingerprint density at radius 3 is 2.23 bits per heavy atom. The lowest BCUT2D eigenvalue weighted by atomic mass is 9.88. The van der Waals surface area contributed by atoms with E-state index in [0.29, 0.717) is 0 Å². The smallest absolute Gasteiger partial charge is 0.137 e. The predicted octanol–water partition coefficient (Wildman–Crippen LogP) is 9.65. The van der Waals surface area contributed by atoms with Crippen molar-refractivity contribution in [2.24, 2.45) is 0 Å². The Morgan fingerprint density at radius 1 is 0.646 bits per heavy atom. The number of fused-ring (bicyclic) bond motifs is 5. The van der Waals surface area contributed by atoms with E-state index in [0.717, 1.165) is 35.0 Å². The van der Waals surface area contributed by atoms with Crippen LogP contribution in [0.15, 0.2) is 128 Å². The molecule has 0 bridgehead atoms. The topological polar surface area (TPSA) is 33.5 Å². The third-order valence-corrected chi connectivity index (χ3v) is 13.8. The van der Waals surface area contributed by atoms with Crippen LogP contribution in [-0.2, 0) is 5.41 Å². The SMILES string of the molecule is CC(C)(C)c1ccnc(-n2c3ccccc3c3ccc(Oc4ccc5c(c4)N4CN(c6ccccc6)c6cccc(c64)[Si]5(C)C)cc32)c1. The first-order valence-electron chi connectivity index (χ1n) is 16.7. The van der Waals surface area contributed by atoms with E-state index in [2.05, 4.69) is 170 Å². The van der Waals surface area contributed by atoms with Crippen LogP contribution in [-0.4, -0.2) is 24.3 Å². The number of hydrogen-bond donors (Lipinski definition) is 0. The summed E-state index contributed by atoms with van der Waals surface area (Å²) in [6, 6.07) is 43.6. The largest absolute Gasteiger partial charge is 0.457 e. The summed E-state index contributed by atoms with van der Waals surface area (Å²) in [5.41, 5.74) is 8.57. The fourth-order valence-electron chi connectivity index (χ4n) is 7.73. The van der Waals surface area contributed by atoms with E-state index in [1.165, 1.54) is 49.5 Å². The fourth-order valence-corrected chi connectivity index (χ4v) is 10.7. The molecule has 0 spiro atoms. The maximum Gasteiger partial charge on any atom is 0.137 e. The first-order valence-corrected chi connectivity index (χ1v) is 19.7. The van der Waals surface area contributed by atoms with Crippen molar-refractivity contribution in [1.29, 1.82) is 0 Å². The molecule has 236 valence electrons. The number of para-hydroxylation sites is 3. The van der Waals surface area contributed by atoms with E-state index in [9.17, 15) is 0 Å². The van der Waals surface area contributed by atoms with Crippen molar-refractivity contribution < 1.29 is 4.74 Å². The van der Waals surface area contributed by atoms with Crippen LogP contribution >= 0.6 is 0 Å². The standard InChI is InChI=1S/C42H38N4OSi/c1-42(2,3)28-22-23-43-40(24-28)46-34-15-10-9-14-32(34)33-20-18-30(25-36(33)46)47-31-19-21-38-37(26-31)45-27-44(29-12-7-6-8-13-29)35-16-11-17-39(41(35)45)48(38,4)5/h6-26H,27H2,1-5H3. The number of rotatable bonds is 4. The van der Waals surface area contributed by atoms with Gasteiger partial charge in [0, 0.05) is 40.5 Å². The molecule has 0 unspecified atom stereocenters. The van der Waals surface area contributed by atoms with Gasteiger partial charge < -0.3 is 14.5 Å². The second kappa shape index (κ2) is 10.3. The Balaban J connectivity index is 1.14. The molecular weight excluding hydrogens is 605 g/mol. The van der Waals surface area contributed by atoms with E-state index in [4.69, 9.17) is 9.72 Å². The molecule has 7 aromatic rings. The molecule has 48 heavy (non-hydrogen) atoms. The summed E-state index contributed by atoms with van der Waals surface area (Å²) in [6.45, 7) is 12.4. The number of pyridine rings is 1. The number of anilines is 4. The average Bonchev–Trinajstić information content (AvgIpc) is 3.64. The van der Waals surface area contributed by atoms with Gasteiger partial charge in [0.25, 0.3) is 0 Å². The molecule has 0 aliphatic carbocycles. The van der Waals surface area contributed by atoms with Gasteiger partial charge in [0.1, 0.15) is 32.1 Å². The van der Waals surface area contributed by atoms with Crippen molar-refractivity contribution in [3.8, 4) is 17.3 Å². The number of benzene rings is 5. The third kappa shape index (κ3) is 4.32. The molecule has 0 atom stereocenters. The minimum atomic E-state index is -1.96. The Morgan fingerprint density at radius 2 is 1.40 bits per heavy atom. The van der Waals surface area contributed by atoms with Crippen molar-refractivity contribution in [1.82, 2.24) is 9.55 Å². The van der Waals surface area contributed by atoms with Gasteiger partial charge in [-0.25, -0.2) is 4.98 Å². The highest BCUT2D eigenvalue weighted by Gasteiger charge is 2.43. The highest BCUT2D eigenvalue weighted by atomic mass is 28.3. The fraction of sp³-hybridized carbons (Fsp3) is 0.167. The first kappa shape index (κ1) is 28.9. The zero-order valence-electron chi connectivity index (χ0n) is 28.0. The van der Waals surface area contributed by atoms with Crippen LogP contribution in [0.2, 0.25) is 13.1 Å². The molecule has 0 saturated carbocycles. The van der Waals surface area contributed by atoms with E-state index in [-0.39, 0.29) is 5.41 Å². The summed E-state index contributed by atoms with van der Waals surface area (Å²) in [7, 11) is -1.96. The molecule has 9 rings (SSSR count). The molecule has 0 N–H and O–H groups in total. The van der Waals surface area contributed by atoms with Crippen LogP contribution in [0.4, 0.5) is 22.7 Å². The highest BCUT2D eigenvalue weighted by Crippen LogP contribution is 2.47. The van der Waals surface area contributed by atoms with Gasteiger partial charge in [0.2, 0.25) is 0 Å². The van der Waals surface area contributed by atoms with Crippen molar-refractivity contribution in [3.05, 3.63) is 133 Å². The molecule has 5 nitrogen and oxygen atoms in total. The van der Waals surface area contributed by atoms with E-state index in [1.54, 1.807) is 0 Å². The molecule has 2 aliphatic heterocycles. The number of ether oxygens (including phenoxy) is 1. The van der Waals surface area contributed by atoms with E-state index < -0.39 is 8.07 Å². The second-order valence-corrected chi connectivity index (χ2v) is 18.9.